The van der Waals surface area contributed by atoms with E-state index in [9.17, 15) is 0 Å². The molecule has 0 aliphatic rings. The van der Waals surface area contributed by atoms with Crippen molar-refractivity contribution in [2.24, 2.45) is 0 Å². The lowest BCUT2D eigenvalue weighted by atomic mass is 10.4. The first-order chi connectivity index (χ1) is 6.24. The topological polar surface area (TPSA) is 48.1 Å². The van der Waals surface area contributed by atoms with Gasteiger partial charge in [-0.05, 0) is 22.0 Å². The summed E-state index contributed by atoms with van der Waals surface area (Å²) < 4.78 is 6.06. The lowest BCUT2D eigenvalue weighted by Crippen LogP contribution is -2.01. The van der Waals surface area contributed by atoms with Gasteiger partial charge in [0.15, 0.2) is 0 Å². The second-order valence-electron chi connectivity index (χ2n) is 2.35. The smallest absolute Gasteiger partial charge is 0.237 e. The second kappa shape index (κ2) is 4.73. The number of rotatable bonds is 3. The molecule has 4 heteroatoms. The Morgan fingerprint density at radius 1 is 1.69 bits per heavy atom. The van der Waals surface area contributed by atoms with Crippen molar-refractivity contribution in [3.8, 4) is 18.2 Å². The molecule has 3 nitrogen and oxygen atoms in total. The van der Waals surface area contributed by atoms with Crippen molar-refractivity contribution in [1.82, 2.24) is 4.98 Å². The van der Waals surface area contributed by atoms with Crippen LogP contribution in [0, 0.1) is 12.3 Å². The Morgan fingerprint density at radius 2 is 2.46 bits per heavy atom. The van der Waals surface area contributed by atoms with E-state index >= 15 is 0 Å². The Labute approximate surface area is 85.4 Å². The monoisotopic (exact) mass is 240 g/mol. The maximum atomic E-state index is 5.63. The number of pyridine rings is 1. The molecule has 2 N–H and O–H groups in total. The summed E-state index contributed by atoms with van der Waals surface area (Å²) in [5.74, 6) is 2.90. The van der Waals surface area contributed by atoms with Crippen LogP contribution in [0.5, 0.6) is 5.88 Å². The average Bonchev–Trinajstić information content (AvgIpc) is 2.09. The van der Waals surface area contributed by atoms with Crippen LogP contribution in [0.1, 0.15) is 6.42 Å². The van der Waals surface area contributed by atoms with Gasteiger partial charge >= 0.3 is 0 Å². The lowest BCUT2D eigenvalue weighted by molar-refractivity contribution is 0.316. The van der Waals surface area contributed by atoms with E-state index in [0.29, 0.717) is 24.6 Å². The van der Waals surface area contributed by atoms with Gasteiger partial charge in [0, 0.05) is 17.1 Å². The average molecular weight is 241 g/mol. The predicted octanol–water partition coefficient (Wildman–Crippen LogP) is 1.83. The maximum absolute atomic E-state index is 5.63. The molecule has 1 heterocycles. The minimum absolute atomic E-state index is 0.429. The molecule has 0 aliphatic carbocycles. The molecule has 1 rings (SSSR count). The van der Waals surface area contributed by atoms with Gasteiger partial charge in [-0.25, -0.2) is 4.98 Å². The third-order valence-corrected chi connectivity index (χ3v) is 1.76. The molecule has 1 aromatic heterocycles. The fourth-order valence-electron chi connectivity index (χ4n) is 0.770. The van der Waals surface area contributed by atoms with Gasteiger partial charge in [-0.1, -0.05) is 0 Å². The van der Waals surface area contributed by atoms with Crippen molar-refractivity contribution >= 4 is 21.6 Å². The zero-order valence-electron chi connectivity index (χ0n) is 6.96. The number of anilines is 1. The van der Waals surface area contributed by atoms with Crippen LogP contribution in [0.2, 0.25) is 0 Å². The number of ether oxygens (including phenoxy) is 1. The molecule has 0 atom stereocenters. The second-order valence-corrected chi connectivity index (χ2v) is 3.27. The molecule has 1 aromatic rings. The van der Waals surface area contributed by atoms with Crippen LogP contribution in [0.25, 0.3) is 0 Å². The van der Waals surface area contributed by atoms with E-state index < -0.39 is 0 Å². The van der Waals surface area contributed by atoms with Crippen LogP contribution in [0.4, 0.5) is 5.69 Å². The third kappa shape index (κ3) is 2.96. The quantitative estimate of drug-likeness (QED) is 0.648. The number of nitrogen functional groups attached to an aromatic ring is 1. The van der Waals surface area contributed by atoms with Gasteiger partial charge in [0.2, 0.25) is 5.88 Å². The molecule has 0 unspecified atom stereocenters. The number of halogens is 1. The Bertz CT molecular complexity index is 333. The highest BCUT2D eigenvalue weighted by Gasteiger charge is 2.01. The summed E-state index contributed by atoms with van der Waals surface area (Å²) in [5, 5.41) is 0. The molecule has 0 aliphatic heterocycles. The molecule has 0 amide bonds. The van der Waals surface area contributed by atoms with Gasteiger partial charge in [-0.15, -0.1) is 12.3 Å². The molecule has 0 saturated carbocycles. The zero-order chi connectivity index (χ0) is 9.68. The number of aromatic nitrogens is 1. The molecule has 0 radical (unpaired) electrons. The first-order valence-electron chi connectivity index (χ1n) is 3.71. The highest BCUT2D eigenvalue weighted by Crippen LogP contribution is 2.21. The first kappa shape index (κ1) is 9.87. The van der Waals surface area contributed by atoms with Crippen molar-refractivity contribution in [3.63, 3.8) is 0 Å². The minimum atomic E-state index is 0.429. The van der Waals surface area contributed by atoms with Crippen LogP contribution in [-0.4, -0.2) is 11.6 Å². The summed E-state index contributed by atoms with van der Waals surface area (Å²) in [6, 6.07) is 1.73. The number of hydrogen-bond acceptors (Lipinski definition) is 3. The number of nitrogens with zero attached hydrogens (tertiary/aromatic N) is 1. The van der Waals surface area contributed by atoms with Gasteiger partial charge in [0.25, 0.3) is 0 Å². The summed E-state index contributed by atoms with van der Waals surface area (Å²) in [4.78, 5) is 3.99. The number of terminal acetylenes is 1. The van der Waals surface area contributed by atoms with Gasteiger partial charge in [-0.3, -0.25) is 0 Å². The van der Waals surface area contributed by atoms with Crippen LogP contribution < -0.4 is 10.5 Å². The van der Waals surface area contributed by atoms with E-state index in [2.05, 4.69) is 26.8 Å². The van der Waals surface area contributed by atoms with E-state index in [-0.39, 0.29) is 0 Å². The molecule has 0 saturated heterocycles. The maximum Gasteiger partial charge on any atom is 0.237 e. The molecule has 0 aromatic carbocycles. The van der Waals surface area contributed by atoms with E-state index in [1.165, 1.54) is 0 Å². The Morgan fingerprint density at radius 3 is 3.08 bits per heavy atom. The van der Waals surface area contributed by atoms with Gasteiger partial charge in [0.1, 0.15) is 6.61 Å². The molecule has 0 spiro atoms. The fraction of sp³-hybridized carbons (Fsp3) is 0.222. The Balaban J connectivity index is 2.62. The van der Waals surface area contributed by atoms with Crippen LogP contribution in [-0.2, 0) is 0 Å². The van der Waals surface area contributed by atoms with E-state index in [4.69, 9.17) is 16.9 Å². The van der Waals surface area contributed by atoms with Crippen molar-refractivity contribution < 1.29 is 4.74 Å². The normalized spacial score (nSPS) is 9.23. The Hall–Kier alpha value is -1.21. The van der Waals surface area contributed by atoms with E-state index in [1.54, 1.807) is 12.3 Å². The molecule has 68 valence electrons. The van der Waals surface area contributed by atoms with Gasteiger partial charge in [-0.2, -0.15) is 0 Å². The van der Waals surface area contributed by atoms with Crippen LogP contribution in [0.3, 0.4) is 0 Å². The highest BCUT2D eigenvalue weighted by atomic mass is 79.9. The lowest BCUT2D eigenvalue weighted by Gasteiger charge is -2.05. The summed E-state index contributed by atoms with van der Waals surface area (Å²) in [5.41, 5.74) is 6.14. The summed E-state index contributed by atoms with van der Waals surface area (Å²) >= 11 is 3.25. The molecular weight excluding hydrogens is 232 g/mol. The number of hydrogen-bond donors (Lipinski definition) is 1. The molecule has 13 heavy (non-hydrogen) atoms. The summed E-state index contributed by atoms with van der Waals surface area (Å²) in [7, 11) is 0. The number of nitrogens with two attached hydrogens (primary N) is 1. The minimum Gasteiger partial charge on any atom is -0.475 e. The predicted molar refractivity (Wildman–Crippen MR) is 55.3 cm³/mol. The van der Waals surface area contributed by atoms with Crippen molar-refractivity contribution in [2.75, 3.05) is 12.3 Å². The molecule has 0 bridgehead atoms. The standard InChI is InChI=1S/C9H9BrN2O/c1-2-3-4-13-9-8(11)5-7(10)6-12-9/h1,5-6H,3-4,11H2. The van der Waals surface area contributed by atoms with Crippen LogP contribution in [0.15, 0.2) is 16.7 Å². The summed E-state index contributed by atoms with van der Waals surface area (Å²) in [6.07, 6.45) is 7.24. The molecule has 0 fully saturated rings. The van der Waals surface area contributed by atoms with E-state index in [0.717, 1.165) is 4.47 Å². The fourth-order valence-corrected chi connectivity index (χ4v) is 1.12. The van der Waals surface area contributed by atoms with Gasteiger partial charge < -0.3 is 10.5 Å². The van der Waals surface area contributed by atoms with Crippen LogP contribution >= 0.6 is 15.9 Å². The zero-order valence-corrected chi connectivity index (χ0v) is 8.54. The van der Waals surface area contributed by atoms with Crippen molar-refractivity contribution in [1.29, 1.82) is 0 Å². The SMILES string of the molecule is C#CCCOc1ncc(Br)cc1N. The Kier molecular flexibility index (Phi) is 3.59. The van der Waals surface area contributed by atoms with Crippen molar-refractivity contribution in [2.45, 2.75) is 6.42 Å². The highest BCUT2D eigenvalue weighted by molar-refractivity contribution is 9.10. The summed E-state index contributed by atoms with van der Waals surface area (Å²) in [6.45, 7) is 0.440. The third-order valence-electron chi connectivity index (χ3n) is 1.33. The van der Waals surface area contributed by atoms with E-state index in [1.807, 2.05) is 0 Å². The largest absolute Gasteiger partial charge is 0.475 e. The van der Waals surface area contributed by atoms with Crippen molar-refractivity contribution in [3.05, 3.63) is 16.7 Å². The first-order valence-corrected chi connectivity index (χ1v) is 4.50. The van der Waals surface area contributed by atoms with Gasteiger partial charge in [0.05, 0.1) is 5.69 Å². The molecular formula is C9H9BrN2O.